The van der Waals surface area contributed by atoms with E-state index in [0.717, 1.165) is 37.3 Å². The van der Waals surface area contributed by atoms with Crippen LogP contribution >= 0.6 is 11.5 Å². The van der Waals surface area contributed by atoms with Crippen LogP contribution in [0.15, 0.2) is 54.6 Å². The first-order chi connectivity index (χ1) is 12.8. The van der Waals surface area contributed by atoms with E-state index in [4.69, 9.17) is 4.74 Å². The van der Waals surface area contributed by atoms with Gasteiger partial charge in [-0.3, -0.25) is 0 Å². The molecule has 0 spiro atoms. The number of carbonyl (C=O) groups excluding carboxylic acids is 1. The van der Waals surface area contributed by atoms with E-state index in [9.17, 15) is 4.79 Å². The molecule has 0 unspecified atom stereocenters. The summed E-state index contributed by atoms with van der Waals surface area (Å²) in [4.78, 5) is 14.4. The second-order valence-electron chi connectivity index (χ2n) is 6.49. The Morgan fingerprint density at radius 3 is 2.88 bits per heavy atom. The van der Waals surface area contributed by atoms with Gasteiger partial charge in [-0.2, -0.15) is 4.37 Å². The van der Waals surface area contributed by atoms with Gasteiger partial charge in [0.15, 0.2) is 0 Å². The summed E-state index contributed by atoms with van der Waals surface area (Å²) < 4.78 is 11.2. The summed E-state index contributed by atoms with van der Waals surface area (Å²) in [6.07, 6.45) is 1.62. The molecule has 1 N–H and O–H groups in total. The summed E-state index contributed by atoms with van der Waals surface area (Å²) >= 11 is 1.52. The number of hydrogen-bond donors (Lipinski definition) is 1. The maximum Gasteiger partial charge on any atom is 0.407 e. The minimum Gasteiger partial charge on any atom is -0.445 e. The third-order valence-electron chi connectivity index (χ3n) is 4.61. The number of hydrogen-bond acceptors (Lipinski definition) is 5. The second-order valence-corrected chi connectivity index (χ2v) is 7.30. The fourth-order valence-electron chi connectivity index (χ4n) is 3.32. The Hall–Kier alpha value is -2.60. The molecular formula is C20H21N3O2S. The van der Waals surface area contributed by atoms with Gasteiger partial charge in [0.25, 0.3) is 0 Å². The van der Waals surface area contributed by atoms with E-state index >= 15 is 0 Å². The standard InChI is InChI=1S/C20H21N3O2S/c24-20(25-14-15-7-2-1-3-8-15)21-16-9-6-12-23(13-16)19-17-10-4-5-11-18(17)26-22-19/h1-5,7-8,10-11,16H,6,9,12-14H2,(H,21,24)/t16-/m1/s1. The number of fused-ring (bicyclic) bond motifs is 1. The Morgan fingerprint density at radius 1 is 1.19 bits per heavy atom. The maximum atomic E-state index is 12.1. The van der Waals surface area contributed by atoms with Gasteiger partial charge in [0.1, 0.15) is 12.4 Å². The van der Waals surface area contributed by atoms with E-state index < -0.39 is 0 Å². The number of ether oxygens (including phenoxy) is 1. The Balaban J connectivity index is 1.35. The van der Waals surface area contributed by atoms with E-state index in [1.165, 1.54) is 21.6 Å². The first-order valence-corrected chi connectivity index (χ1v) is 9.63. The molecule has 6 heteroatoms. The molecule has 1 saturated heterocycles. The van der Waals surface area contributed by atoms with E-state index in [0.29, 0.717) is 6.61 Å². The number of carbonyl (C=O) groups is 1. The molecule has 1 aromatic heterocycles. The van der Waals surface area contributed by atoms with Gasteiger partial charge in [0.05, 0.1) is 4.70 Å². The van der Waals surface area contributed by atoms with Crippen molar-refractivity contribution in [3.05, 3.63) is 60.2 Å². The van der Waals surface area contributed by atoms with E-state index in [-0.39, 0.29) is 12.1 Å². The third kappa shape index (κ3) is 3.80. The van der Waals surface area contributed by atoms with Crippen molar-refractivity contribution in [3.63, 3.8) is 0 Å². The Bertz CT molecular complexity index is 881. The number of nitrogens with zero attached hydrogens (tertiary/aromatic N) is 2. The predicted molar refractivity (Wildman–Crippen MR) is 105 cm³/mol. The first-order valence-electron chi connectivity index (χ1n) is 8.86. The van der Waals surface area contributed by atoms with Crippen LogP contribution in [0.25, 0.3) is 10.1 Å². The van der Waals surface area contributed by atoms with Crippen LogP contribution < -0.4 is 10.2 Å². The molecule has 26 heavy (non-hydrogen) atoms. The highest BCUT2D eigenvalue weighted by Crippen LogP contribution is 2.30. The Labute approximate surface area is 156 Å². The van der Waals surface area contributed by atoms with Gasteiger partial charge in [-0.15, -0.1) is 0 Å². The Kier molecular flexibility index (Phi) is 5.02. The van der Waals surface area contributed by atoms with Gasteiger partial charge in [0.2, 0.25) is 0 Å². The van der Waals surface area contributed by atoms with Crippen molar-refractivity contribution in [2.45, 2.75) is 25.5 Å². The quantitative estimate of drug-likeness (QED) is 0.751. The van der Waals surface area contributed by atoms with Gasteiger partial charge in [-0.1, -0.05) is 42.5 Å². The summed E-state index contributed by atoms with van der Waals surface area (Å²) in [5.74, 6) is 1.02. The molecule has 0 aliphatic carbocycles. The number of rotatable bonds is 4. The number of alkyl carbamates (subject to hydrolysis) is 1. The van der Waals surface area contributed by atoms with Crippen LogP contribution in [0.2, 0.25) is 0 Å². The van der Waals surface area contributed by atoms with Crippen LogP contribution in [0.5, 0.6) is 0 Å². The highest BCUT2D eigenvalue weighted by Gasteiger charge is 2.24. The smallest absolute Gasteiger partial charge is 0.407 e. The lowest BCUT2D eigenvalue weighted by Crippen LogP contribution is -2.48. The fraction of sp³-hybridized carbons (Fsp3) is 0.300. The lowest BCUT2D eigenvalue weighted by Gasteiger charge is -2.33. The van der Waals surface area contributed by atoms with Crippen LogP contribution in [-0.4, -0.2) is 29.6 Å². The monoisotopic (exact) mass is 367 g/mol. The van der Waals surface area contributed by atoms with E-state index in [2.05, 4.69) is 26.7 Å². The third-order valence-corrected chi connectivity index (χ3v) is 5.43. The van der Waals surface area contributed by atoms with Crippen LogP contribution in [0.1, 0.15) is 18.4 Å². The fourth-order valence-corrected chi connectivity index (χ4v) is 4.12. The second kappa shape index (κ2) is 7.74. The van der Waals surface area contributed by atoms with E-state index in [1.807, 2.05) is 42.5 Å². The number of benzene rings is 2. The van der Waals surface area contributed by atoms with Gasteiger partial charge < -0.3 is 15.0 Å². The summed E-state index contributed by atoms with van der Waals surface area (Å²) in [7, 11) is 0. The van der Waals surface area contributed by atoms with Gasteiger partial charge >= 0.3 is 6.09 Å². The SMILES string of the molecule is O=C(N[C@@H]1CCCN(c2nsc3ccccc23)C1)OCc1ccccc1. The lowest BCUT2D eigenvalue weighted by molar-refractivity contribution is 0.134. The molecule has 0 saturated carbocycles. The van der Waals surface area contributed by atoms with Gasteiger partial charge in [-0.05, 0) is 42.1 Å². The number of aromatic nitrogens is 1. The normalized spacial score (nSPS) is 17.2. The summed E-state index contributed by atoms with van der Waals surface area (Å²) in [5.41, 5.74) is 0.988. The first kappa shape index (κ1) is 16.8. The van der Waals surface area contributed by atoms with Crippen molar-refractivity contribution >= 4 is 33.5 Å². The average molecular weight is 367 g/mol. The van der Waals surface area contributed by atoms with Crippen LogP contribution in [-0.2, 0) is 11.3 Å². The highest BCUT2D eigenvalue weighted by atomic mass is 32.1. The van der Waals surface area contributed by atoms with Crippen LogP contribution in [0.3, 0.4) is 0 Å². The number of nitrogens with one attached hydrogen (secondary N) is 1. The predicted octanol–water partition coefficient (Wildman–Crippen LogP) is 4.19. The largest absolute Gasteiger partial charge is 0.445 e. The van der Waals surface area contributed by atoms with Crippen LogP contribution in [0.4, 0.5) is 10.6 Å². The lowest BCUT2D eigenvalue weighted by atomic mass is 10.1. The maximum absolute atomic E-state index is 12.1. The van der Waals surface area contributed by atoms with Crippen LogP contribution in [0, 0.1) is 0 Å². The van der Waals surface area contributed by atoms with Crippen molar-refractivity contribution in [3.8, 4) is 0 Å². The van der Waals surface area contributed by atoms with Crippen molar-refractivity contribution in [2.24, 2.45) is 0 Å². The molecule has 1 aliphatic heterocycles. The van der Waals surface area contributed by atoms with Crippen molar-refractivity contribution in [2.75, 3.05) is 18.0 Å². The molecule has 0 bridgehead atoms. The zero-order valence-corrected chi connectivity index (χ0v) is 15.2. The minimum absolute atomic E-state index is 0.0764. The number of amides is 1. The minimum atomic E-state index is -0.358. The Morgan fingerprint density at radius 2 is 2.00 bits per heavy atom. The van der Waals surface area contributed by atoms with Crippen molar-refractivity contribution in [1.29, 1.82) is 0 Å². The summed E-state index contributed by atoms with van der Waals surface area (Å²) in [6.45, 7) is 2.01. The molecule has 2 aromatic carbocycles. The van der Waals surface area contributed by atoms with Crippen molar-refractivity contribution in [1.82, 2.24) is 9.69 Å². The number of anilines is 1. The molecular weight excluding hydrogens is 346 g/mol. The molecule has 5 nitrogen and oxygen atoms in total. The topological polar surface area (TPSA) is 54.5 Å². The number of piperidine rings is 1. The molecule has 4 rings (SSSR count). The molecule has 3 aromatic rings. The average Bonchev–Trinajstić information content (AvgIpc) is 3.12. The van der Waals surface area contributed by atoms with Gasteiger partial charge in [-0.25, -0.2) is 4.79 Å². The summed E-state index contributed by atoms with van der Waals surface area (Å²) in [6, 6.07) is 18.1. The highest BCUT2D eigenvalue weighted by molar-refractivity contribution is 7.13. The van der Waals surface area contributed by atoms with Crippen molar-refractivity contribution < 1.29 is 9.53 Å². The summed E-state index contributed by atoms with van der Waals surface area (Å²) in [5, 5.41) is 4.19. The molecule has 1 atom stereocenters. The van der Waals surface area contributed by atoms with Gasteiger partial charge in [0, 0.05) is 24.5 Å². The van der Waals surface area contributed by atoms with E-state index in [1.54, 1.807) is 0 Å². The molecule has 134 valence electrons. The molecule has 0 radical (unpaired) electrons. The molecule has 2 heterocycles. The molecule has 1 aliphatic rings. The molecule has 1 amide bonds. The molecule has 1 fully saturated rings. The zero-order valence-electron chi connectivity index (χ0n) is 14.4. The zero-order chi connectivity index (χ0) is 17.8.